The van der Waals surface area contributed by atoms with Gasteiger partial charge in [0.05, 0.1) is 5.56 Å². The summed E-state index contributed by atoms with van der Waals surface area (Å²) in [6, 6.07) is 12.7. The molecule has 0 aliphatic heterocycles. The number of anilines is 1. The summed E-state index contributed by atoms with van der Waals surface area (Å²) in [5, 5.41) is 0. The zero-order valence-electron chi connectivity index (χ0n) is 8.48. The van der Waals surface area contributed by atoms with Crippen LogP contribution in [0.15, 0.2) is 48.5 Å². The summed E-state index contributed by atoms with van der Waals surface area (Å²) in [4.78, 5) is 12.0. The molecule has 0 aliphatic rings. The van der Waals surface area contributed by atoms with Crippen LogP contribution in [0.1, 0.15) is 15.9 Å². The molecule has 0 unspecified atom stereocenters. The van der Waals surface area contributed by atoms with Crippen LogP contribution in [0.25, 0.3) is 0 Å². The van der Waals surface area contributed by atoms with Crippen LogP contribution in [-0.2, 0) is 0 Å². The number of benzene rings is 2. The van der Waals surface area contributed by atoms with Gasteiger partial charge in [-0.3, -0.25) is 4.79 Å². The summed E-state index contributed by atoms with van der Waals surface area (Å²) >= 11 is 0. The van der Waals surface area contributed by atoms with E-state index in [4.69, 9.17) is 5.73 Å². The maximum absolute atomic E-state index is 13.5. The highest BCUT2D eigenvalue weighted by molar-refractivity contribution is 6.12. The Kier molecular flexibility index (Phi) is 2.68. The van der Waals surface area contributed by atoms with Gasteiger partial charge in [-0.15, -0.1) is 0 Å². The molecular formula is C13H10FNO. The molecule has 2 aromatic rings. The SMILES string of the molecule is Nc1cccc(F)c1C(=O)c1ccccc1. The molecule has 0 spiro atoms. The van der Waals surface area contributed by atoms with Crippen molar-refractivity contribution in [1.29, 1.82) is 0 Å². The van der Waals surface area contributed by atoms with Gasteiger partial charge in [0.25, 0.3) is 0 Å². The molecule has 0 radical (unpaired) electrons. The van der Waals surface area contributed by atoms with Crippen molar-refractivity contribution in [3.8, 4) is 0 Å². The number of hydrogen-bond acceptors (Lipinski definition) is 2. The van der Waals surface area contributed by atoms with Gasteiger partial charge < -0.3 is 5.73 Å². The summed E-state index contributed by atoms with van der Waals surface area (Å²) < 4.78 is 13.5. The summed E-state index contributed by atoms with van der Waals surface area (Å²) in [7, 11) is 0. The van der Waals surface area contributed by atoms with E-state index in [9.17, 15) is 9.18 Å². The number of carbonyl (C=O) groups is 1. The van der Waals surface area contributed by atoms with E-state index in [1.165, 1.54) is 18.2 Å². The molecular weight excluding hydrogens is 205 g/mol. The third kappa shape index (κ3) is 1.80. The molecule has 2 N–H and O–H groups in total. The summed E-state index contributed by atoms with van der Waals surface area (Å²) in [5.74, 6) is -0.981. The molecule has 0 bridgehead atoms. The van der Waals surface area contributed by atoms with Crippen LogP contribution >= 0.6 is 0 Å². The molecule has 0 saturated heterocycles. The first kappa shape index (κ1) is 10.4. The van der Waals surface area contributed by atoms with Crippen molar-refractivity contribution in [3.63, 3.8) is 0 Å². The quantitative estimate of drug-likeness (QED) is 0.618. The van der Waals surface area contributed by atoms with Crippen molar-refractivity contribution in [2.75, 3.05) is 5.73 Å². The highest BCUT2D eigenvalue weighted by Gasteiger charge is 2.16. The molecule has 0 fully saturated rings. The maximum atomic E-state index is 13.5. The van der Waals surface area contributed by atoms with E-state index in [2.05, 4.69) is 0 Å². The molecule has 0 atom stereocenters. The number of rotatable bonds is 2. The molecule has 0 aromatic heterocycles. The first-order valence-corrected chi connectivity index (χ1v) is 4.84. The second kappa shape index (κ2) is 4.14. The molecule has 0 amide bonds. The van der Waals surface area contributed by atoms with E-state index in [1.54, 1.807) is 30.3 Å². The van der Waals surface area contributed by atoms with Crippen LogP contribution in [0.2, 0.25) is 0 Å². The number of carbonyl (C=O) groups excluding carboxylic acids is 1. The van der Waals surface area contributed by atoms with Crippen molar-refractivity contribution < 1.29 is 9.18 Å². The van der Waals surface area contributed by atoms with Crippen LogP contribution in [0.4, 0.5) is 10.1 Å². The van der Waals surface area contributed by atoms with Crippen molar-refractivity contribution in [1.82, 2.24) is 0 Å². The average Bonchev–Trinajstić information content (AvgIpc) is 2.30. The predicted molar refractivity (Wildman–Crippen MR) is 60.7 cm³/mol. The van der Waals surface area contributed by atoms with Gasteiger partial charge in [0.1, 0.15) is 5.82 Å². The summed E-state index contributed by atoms with van der Waals surface area (Å²) in [5.41, 5.74) is 6.13. The summed E-state index contributed by atoms with van der Waals surface area (Å²) in [6.45, 7) is 0. The molecule has 2 nitrogen and oxygen atoms in total. The fourth-order valence-corrected chi connectivity index (χ4v) is 1.51. The monoisotopic (exact) mass is 215 g/mol. The van der Waals surface area contributed by atoms with Crippen LogP contribution in [0.3, 0.4) is 0 Å². The fraction of sp³-hybridized carbons (Fsp3) is 0. The van der Waals surface area contributed by atoms with Crippen LogP contribution in [0, 0.1) is 5.82 Å². The van der Waals surface area contributed by atoms with Gasteiger partial charge in [-0.1, -0.05) is 36.4 Å². The molecule has 0 saturated carbocycles. The second-order valence-electron chi connectivity index (χ2n) is 3.40. The number of hydrogen-bond donors (Lipinski definition) is 1. The van der Waals surface area contributed by atoms with E-state index in [0.29, 0.717) is 5.56 Å². The highest BCUT2D eigenvalue weighted by atomic mass is 19.1. The minimum absolute atomic E-state index is 0.0614. The third-order valence-corrected chi connectivity index (χ3v) is 2.31. The van der Waals surface area contributed by atoms with Crippen molar-refractivity contribution in [3.05, 3.63) is 65.5 Å². The summed E-state index contributed by atoms with van der Waals surface area (Å²) in [6.07, 6.45) is 0. The third-order valence-electron chi connectivity index (χ3n) is 2.31. The Hall–Kier alpha value is -2.16. The Morgan fingerprint density at radius 1 is 1.00 bits per heavy atom. The predicted octanol–water partition coefficient (Wildman–Crippen LogP) is 2.64. The Labute approximate surface area is 92.5 Å². The van der Waals surface area contributed by atoms with Gasteiger partial charge in [0.2, 0.25) is 0 Å². The van der Waals surface area contributed by atoms with E-state index >= 15 is 0 Å². The van der Waals surface area contributed by atoms with E-state index in [-0.39, 0.29) is 11.3 Å². The zero-order chi connectivity index (χ0) is 11.5. The molecule has 3 heteroatoms. The molecule has 16 heavy (non-hydrogen) atoms. The Bertz CT molecular complexity index is 502. The van der Waals surface area contributed by atoms with Crippen LogP contribution < -0.4 is 5.73 Å². The molecule has 0 aliphatic carbocycles. The standard InChI is InChI=1S/C13H10FNO/c14-10-7-4-8-11(15)12(10)13(16)9-5-2-1-3-6-9/h1-8H,15H2. The lowest BCUT2D eigenvalue weighted by molar-refractivity contribution is 0.103. The van der Waals surface area contributed by atoms with Crippen molar-refractivity contribution >= 4 is 11.5 Å². The van der Waals surface area contributed by atoms with E-state index in [0.717, 1.165) is 0 Å². The lowest BCUT2D eigenvalue weighted by Gasteiger charge is -2.05. The maximum Gasteiger partial charge on any atom is 0.198 e. The number of ketones is 1. The number of halogens is 1. The normalized spacial score (nSPS) is 10.1. The fourth-order valence-electron chi connectivity index (χ4n) is 1.51. The van der Waals surface area contributed by atoms with Gasteiger partial charge in [0.15, 0.2) is 5.78 Å². The first-order chi connectivity index (χ1) is 7.70. The zero-order valence-corrected chi connectivity index (χ0v) is 8.48. The van der Waals surface area contributed by atoms with Gasteiger partial charge in [0, 0.05) is 11.3 Å². The Morgan fingerprint density at radius 2 is 1.69 bits per heavy atom. The molecule has 0 heterocycles. The van der Waals surface area contributed by atoms with Gasteiger partial charge >= 0.3 is 0 Å². The van der Waals surface area contributed by atoms with Crippen molar-refractivity contribution in [2.24, 2.45) is 0 Å². The minimum atomic E-state index is -0.589. The lowest BCUT2D eigenvalue weighted by Crippen LogP contribution is -2.07. The number of nitrogen functional groups attached to an aromatic ring is 1. The number of nitrogens with two attached hydrogens (primary N) is 1. The average molecular weight is 215 g/mol. The first-order valence-electron chi connectivity index (χ1n) is 4.84. The second-order valence-corrected chi connectivity index (χ2v) is 3.40. The largest absolute Gasteiger partial charge is 0.398 e. The topological polar surface area (TPSA) is 43.1 Å². The van der Waals surface area contributed by atoms with Crippen LogP contribution in [-0.4, -0.2) is 5.78 Å². The molecule has 2 aromatic carbocycles. The molecule has 2 rings (SSSR count). The molecule has 80 valence electrons. The highest BCUT2D eigenvalue weighted by Crippen LogP contribution is 2.19. The lowest BCUT2D eigenvalue weighted by atomic mass is 10.0. The van der Waals surface area contributed by atoms with Crippen molar-refractivity contribution in [2.45, 2.75) is 0 Å². The van der Waals surface area contributed by atoms with Gasteiger partial charge in [-0.05, 0) is 12.1 Å². The Morgan fingerprint density at radius 3 is 2.31 bits per heavy atom. The Balaban J connectivity index is 2.50. The van der Waals surface area contributed by atoms with Gasteiger partial charge in [-0.2, -0.15) is 0 Å². The van der Waals surface area contributed by atoms with E-state index in [1.807, 2.05) is 0 Å². The van der Waals surface area contributed by atoms with E-state index < -0.39 is 11.6 Å². The van der Waals surface area contributed by atoms with Crippen LogP contribution in [0.5, 0.6) is 0 Å². The minimum Gasteiger partial charge on any atom is -0.398 e. The smallest absolute Gasteiger partial charge is 0.198 e. The van der Waals surface area contributed by atoms with Gasteiger partial charge in [-0.25, -0.2) is 4.39 Å².